The van der Waals surface area contributed by atoms with Crippen LogP contribution in [0.3, 0.4) is 0 Å². The molecule has 106 valence electrons. The minimum atomic E-state index is -0.441. The summed E-state index contributed by atoms with van der Waals surface area (Å²) in [5.41, 5.74) is 9.07. The number of hydrogen-bond acceptors (Lipinski definition) is 5. The molecule has 0 fully saturated rings. The van der Waals surface area contributed by atoms with Crippen LogP contribution in [0.1, 0.15) is 5.56 Å². The van der Waals surface area contributed by atoms with Crippen molar-refractivity contribution in [1.82, 2.24) is 14.6 Å². The zero-order chi connectivity index (χ0) is 15.0. The first-order chi connectivity index (χ1) is 10.1. The number of nitro benzene ring substituents is 1. The minimum absolute atomic E-state index is 0.0300. The summed E-state index contributed by atoms with van der Waals surface area (Å²) in [4.78, 5) is 10.3. The zero-order valence-corrected chi connectivity index (χ0v) is 11.5. The lowest BCUT2D eigenvalue weighted by atomic mass is 10.0. The van der Waals surface area contributed by atoms with Gasteiger partial charge >= 0.3 is 0 Å². The highest BCUT2D eigenvalue weighted by Gasteiger charge is 2.16. The van der Waals surface area contributed by atoms with Gasteiger partial charge in [0.25, 0.3) is 5.69 Å². The largest absolute Gasteiger partial charge is 0.380 e. The summed E-state index contributed by atoms with van der Waals surface area (Å²) in [6.07, 6.45) is 3.36. The molecule has 0 amide bonds. The third-order valence-corrected chi connectivity index (χ3v) is 3.49. The quantitative estimate of drug-likeness (QED) is 0.455. The van der Waals surface area contributed by atoms with Gasteiger partial charge < -0.3 is 10.1 Å². The molecule has 0 unspecified atom stereocenters. The summed E-state index contributed by atoms with van der Waals surface area (Å²) in [5, 5.41) is 18.4. The number of nitrogens with two attached hydrogens (primary N) is 1. The summed E-state index contributed by atoms with van der Waals surface area (Å²) < 4.78 is 1.75. The Morgan fingerprint density at radius 1 is 1.33 bits per heavy atom. The summed E-state index contributed by atoms with van der Waals surface area (Å²) >= 11 is 5.98. The van der Waals surface area contributed by atoms with Crippen LogP contribution >= 0.6 is 11.6 Å². The maximum Gasteiger partial charge on any atom is 0.269 e. The standard InChI is InChI=1S/C13H10ClN5O2/c14-5-9-6-18-7-16-17-13(15)12(18)11(9)8-1-3-10(4-2-8)19(20)21/h1-4,6-7H,5H2,(H2,15,17). The number of nitro groups is 1. The molecule has 0 saturated heterocycles. The fraction of sp³-hybridized carbons (Fsp3) is 0.0769. The van der Waals surface area contributed by atoms with Crippen molar-refractivity contribution in [3.63, 3.8) is 0 Å². The van der Waals surface area contributed by atoms with Crippen LogP contribution in [0.4, 0.5) is 11.5 Å². The number of nitrogen functional groups attached to an aromatic ring is 1. The highest BCUT2D eigenvalue weighted by molar-refractivity contribution is 6.18. The first-order valence-electron chi connectivity index (χ1n) is 6.03. The van der Waals surface area contributed by atoms with Gasteiger partial charge in [0.15, 0.2) is 5.82 Å². The van der Waals surface area contributed by atoms with Gasteiger partial charge in [0, 0.05) is 29.8 Å². The average Bonchev–Trinajstić information content (AvgIpc) is 2.87. The van der Waals surface area contributed by atoms with Gasteiger partial charge in [-0.3, -0.25) is 10.1 Å². The first-order valence-corrected chi connectivity index (χ1v) is 6.56. The predicted octanol–water partition coefficient (Wildman–Crippen LogP) is 2.63. The van der Waals surface area contributed by atoms with Gasteiger partial charge in [-0.05, 0) is 23.3 Å². The lowest BCUT2D eigenvalue weighted by molar-refractivity contribution is -0.384. The molecule has 2 heterocycles. The normalized spacial score (nSPS) is 10.9. The van der Waals surface area contributed by atoms with Gasteiger partial charge in [0.05, 0.1) is 10.4 Å². The summed E-state index contributed by atoms with van der Waals surface area (Å²) in [6, 6.07) is 6.23. The molecule has 0 radical (unpaired) electrons. The molecule has 21 heavy (non-hydrogen) atoms. The van der Waals surface area contributed by atoms with Crippen LogP contribution in [-0.2, 0) is 5.88 Å². The van der Waals surface area contributed by atoms with E-state index >= 15 is 0 Å². The Labute approximate surface area is 124 Å². The second kappa shape index (κ2) is 5.02. The molecule has 8 heteroatoms. The van der Waals surface area contributed by atoms with E-state index in [1.54, 1.807) is 16.5 Å². The Morgan fingerprint density at radius 2 is 2.05 bits per heavy atom. The van der Waals surface area contributed by atoms with E-state index in [1.165, 1.54) is 18.5 Å². The molecule has 2 N–H and O–H groups in total. The molecule has 1 aromatic carbocycles. The predicted molar refractivity (Wildman–Crippen MR) is 79.0 cm³/mol. The second-order valence-electron chi connectivity index (χ2n) is 4.44. The van der Waals surface area contributed by atoms with Crippen molar-refractivity contribution in [3.8, 4) is 11.1 Å². The van der Waals surface area contributed by atoms with Crippen molar-refractivity contribution < 1.29 is 4.92 Å². The molecule has 7 nitrogen and oxygen atoms in total. The van der Waals surface area contributed by atoms with Gasteiger partial charge in [-0.15, -0.1) is 21.8 Å². The lowest BCUT2D eigenvalue weighted by Gasteiger charge is -2.04. The highest BCUT2D eigenvalue weighted by Crippen LogP contribution is 2.34. The second-order valence-corrected chi connectivity index (χ2v) is 4.71. The number of aromatic nitrogens is 3. The van der Waals surface area contributed by atoms with Crippen LogP contribution in [-0.4, -0.2) is 19.5 Å². The Kier molecular flexibility index (Phi) is 3.19. The third-order valence-electron chi connectivity index (χ3n) is 3.21. The monoisotopic (exact) mass is 303 g/mol. The van der Waals surface area contributed by atoms with Gasteiger partial charge in [-0.1, -0.05) is 0 Å². The number of nitrogens with zero attached hydrogens (tertiary/aromatic N) is 4. The highest BCUT2D eigenvalue weighted by atomic mass is 35.5. The summed E-state index contributed by atoms with van der Waals surface area (Å²) in [7, 11) is 0. The molecule has 2 aromatic heterocycles. The molecule has 0 bridgehead atoms. The van der Waals surface area contributed by atoms with Gasteiger partial charge in [0.2, 0.25) is 0 Å². The van der Waals surface area contributed by atoms with E-state index in [4.69, 9.17) is 17.3 Å². The third kappa shape index (κ3) is 2.17. The van der Waals surface area contributed by atoms with Crippen LogP contribution in [0.25, 0.3) is 16.6 Å². The topological polar surface area (TPSA) is 99.3 Å². The number of fused-ring (bicyclic) bond motifs is 1. The number of anilines is 1. The molecule has 0 aliphatic heterocycles. The van der Waals surface area contributed by atoms with Crippen LogP contribution in [0.2, 0.25) is 0 Å². The summed E-state index contributed by atoms with van der Waals surface area (Å²) in [6.45, 7) is 0. The minimum Gasteiger partial charge on any atom is -0.380 e. The maximum atomic E-state index is 10.7. The van der Waals surface area contributed by atoms with Crippen LogP contribution in [0.5, 0.6) is 0 Å². The van der Waals surface area contributed by atoms with Gasteiger partial charge in [-0.25, -0.2) is 0 Å². The Bertz CT molecular complexity index is 828. The van der Waals surface area contributed by atoms with Crippen molar-refractivity contribution in [2.45, 2.75) is 5.88 Å². The number of non-ortho nitro benzene ring substituents is 1. The Morgan fingerprint density at radius 3 is 2.67 bits per heavy atom. The van der Waals surface area contributed by atoms with E-state index in [0.717, 1.165) is 16.7 Å². The Balaban J connectivity index is 2.25. The van der Waals surface area contributed by atoms with Gasteiger partial charge in [0.1, 0.15) is 6.33 Å². The molecule has 0 aliphatic carbocycles. The average molecular weight is 304 g/mol. The van der Waals surface area contributed by atoms with Crippen LogP contribution in [0, 0.1) is 10.1 Å². The van der Waals surface area contributed by atoms with Gasteiger partial charge in [-0.2, -0.15) is 0 Å². The zero-order valence-electron chi connectivity index (χ0n) is 10.7. The molecule has 0 spiro atoms. The fourth-order valence-corrected chi connectivity index (χ4v) is 2.50. The molecular weight excluding hydrogens is 294 g/mol. The molecule has 3 rings (SSSR count). The number of rotatable bonds is 3. The molecule has 0 atom stereocenters. The van der Waals surface area contributed by atoms with Crippen LogP contribution < -0.4 is 5.73 Å². The van der Waals surface area contributed by atoms with E-state index < -0.39 is 4.92 Å². The van der Waals surface area contributed by atoms with Crippen molar-refractivity contribution in [2.24, 2.45) is 0 Å². The van der Waals surface area contributed by atoms with Crippen molar-refractivity contribution in [1.29, 1.82) is 0 Å². The molecule has 3 aromatic rings. The number of halogens is 1. The number of hydrogen-bond donors (Lipinski definition) is 1. The molecular formula is C13H10ClN5O2. The molecule has 0 saturated carbocycles. The van der Waals surface area contributed by atoms with E-state index in [1.807, 2.05) is 6.20 Å². The van der Waals surface area contributed by atoms with E-state index in [2.05, 4.69) is 10.2 Å². The maximum absolute atomic E-state index is 10.7. The number of benzene rings is 1. The SMILES string of the molecule is Nc1nncn2cc(CCl)c(-c3ccc([N+](=O)[O-])cc3)c12. The first kappa shape index (κ1) is 13.3. The van der Waals surface area contributed by atoms with Crippen LogP contribution in [0.15, 0.2) is 36.8 Å². The van der Waals surface area contributed by atoms with E-state index in [-0.39, 0.29) is 17.4 Å². The smallest absolute Gasteiger partial charge is 0.269 e. The summed E-state index contributed by atoms with van der Waals surface area (Å²) in [5.74, 6) is 0.565. The molecule has 0 aliphatic rings. The van der Waals surface area contributed by atoms with E-state index in [9.17, 15) is 10.1 Å². The Hall–Kier alpha value is -2.67. The number of alkyl halides is 1. The van der Waals surface area contributed by atoms with E-state index in [0.29, 0.717) is 5.52 Å². The van der Waals surface area contributed by atoms with Crippen molar-refractivity contribution in [2.75, 3.05) is 5.73 Å². The fourth-order valence-electron chi connectivity index (χ4n) is 2.29. The van der Waals surface area contributed by atoms with Crippen molar-refractivity contribution >= 4 is 28.6 Å². The van der Waals surface area contributed by atoms with Crippen molar-refractivity contribution in [3.05, 3.63) is 52.5 Å². The lowest BCUT2D eigenvalue weighted by Crippen LogP contribution is -1.98.